The molecule has 0 atom stereocenters. The molecule has 2 amide bonds. The molecule has 8 nitrogen and oxygen atoms in total. The second kappa shape index (κ2) is 10.7. The third-order valence-corrected chi connectivity index (χ3v) is 5.26. The van der Waals surface area contributed by atoms with Crippen molar-refractivity contribution < 1.29 is 14.3 Å². The maximum Gasteiger partial charge on any atom is 0.237 e. The van der Waals surface area contributed by atoms with Crippen LogP contribution in [-0.4, -0.2) is 54.6 Å². The Morgan fingerprint density at radius 2 is 2.08 bits per heavy atom. The molecule has 1 aromatic carbocycles. The number of nitrogens with two attached hydrogens (primary N) is 1. The number of carbonyl (C=O) groups excluding carboxylic acids is 2. The van der Waals surface area contributed by atoms with Gasteiger partial charge in [-0.1, -0.05) is 41.3 Å². The fourth-order valence-corrected chi connectivity index (χ4v) is 3.68. The first kappa shape index (κ1) is 20.1. The molecule has 26 heavy (non-hydrogen) atoms. The Labute approximate surface area is 160 Å². The van der Waals surface area contributed by atoms with Crippen LogP contribution in [0, 0.1) is 0 Å². The number of thioether (sulfide) groups is 1. The Hall–Kier alpha value is -2.17. The Bertz CT molecular complexity index is 711. The highest BCUT2D eigenvalue weighted by Crippen LogP contribution is 2.26. The molecule has 2 rings (SSSR count). The van der Waals surface area contributed by atoms with E-state index in [1.165, 1.54) is 23.1 Å². The molecule has 0 saturated carbocycles. The highest BCUT2D eigenvalue weighted by atomic mass is 32.2. The van der Waals surface area contributed by atoms with Crippen molar-refractivity contribution >= 4 is 45.7 Å². The summed E-state index contributed by atoms with van der Waals surface area (Å²) in [5.74, 6) is -0.366. The predicted molar refractivity (Wildman–Crippen MR) is 104 cm³/mol. The number of rotatable bonds is 11. The van der Waals surface area contributed by atoms with Gasteiger partial charge in [-0.05, 0) is 12.1 Å². The number of anilines is 2. The smallest absolute Gasteiger partial charge is 0.237 e. The zero-order chi connectivity index (χ0) is 18.8. The third kappa shape index (κ3) is 6.62. The van der Waals surface area contributed by atoms with Crippen LogP contribution in [-0.2, 0) is 14.3 Å². The Morgan fingerprint density at radius 1 is 1.31 bits per heavy atom. The monoisotopic (exact) mass is 395 g/mol. The molecule has 0 aliphatic heterocycles. The lowest BCUT2D eigenvalue weighted by atomic mass is 10.2. The van der Waals surface area contributed by atoms with Gasteiger partial charge < -0.3 is 20.7 Å². The summed E-state index contributed by atoms with van der Waals surface area (Å²) in [6.07, 6.45) is 0.109. The average molecular weight is 396 g/mol. The van der Waals surface area contributed by atoms with Gasteiger partial charge in [0.2, 0.25) is 16.9 Å². The standard InChI is InChI=1S/C16H21N5O3S2/c1-24-10-8-18-15-19-20-16(26-15)25-11-14(23)21(9-7-13(17)22)12-5-3-2-4-6-12/h2-6H,7-11H2,1H3,(H2,17,22)(H,18,19). The zero-order valence-corrected chi connectivity index (χ0v) is 16.0. The fraction of sp³-hybridized carbons (Fsp3) is 0.375. The first-order valence-corrected chi connectivity index (χ1v) is 9.73. The van der Waals surface area contributed by atoms with Crippen LogP contribution < -0.4 is 16.0 Å². The van der Waals surface area contributed by atoms with E-state index in [2.05, 4.69) is 15.5 Å². The molecule has 1 aromatic heterocycles. The van der Waals surface area contributed by atoms with Crippen LogP contribution in [0.1, 0.15) is 6.42 Å². The molecule has 0 unspecified atom stereocenters. The first-order valence-electron chi connectivity index (χ1n) is 7.93. The van der Waals surface area contributed by atoms with Crippen LogP contribution in [0.3, 0.4) is 0 Å². The van der Waals surface area contributed by atoms with E-state index >= 15 is 0 Å². The van der Waals surface area contributed by atoms with Gasteiger partial charge in [-0.25, -0.2) is 0 Å². The van der Waals surface area contributed by atoms with Gasteiger partial charge in [0.15, 0.2) is 4.34 Å². The first-order chi connectivity index (χ1) is 12.6. The van der Waals surface area contributed by atoms with Crippen LogP contribution in [0.2, 0.25) is 0 Å². The van der Waals surface area contributed by atoms with Crippen molar-refractivity contribution in [3.05, 3.63) is 30.3 Å². The molecule has 1 heterocycles. The molecule has 2 aromatic rings. The number of ether oxygens (including phenoxy) is 1. The molecule has 0 spiro atoms. The molecular weight excluding hydrogens is 374 g/mol. The normalized spacial score (nSPS) is 10.5. The molecule has 0 saturated heterocycles. The van der Waals surface area contributed by atoms with E-state index < -0.39 is 5.91 Å². The van der Waals surface area contributed by atoms with E-state index in [0.717, 1.165) is 5.69 Å². The molecule has 0 radical (unpaired) electrons. The minimum Gasteiger partial charge on any atom is -0.383 e. The van der Waals surface area contributed by atoms with Gasteiger partial charge in [-0.3, -0.25) is 9.59 Å². The van der Waals surface area contributed by atoms with Gasteiger partial charge in [-0.15, -0.1) is 10.2 Å². The summed E-state index contributed by atoms with van der Waals surface area (Å²) < 4.78 is 5.66. The van der Waals surface area contributed by atoms with Crippen molar-refractivity contribution in [2.75, 3.05) is 42.8 Å². The van der Waals surface area contributed by atoms with Crippen LogP contribution in [0.5, 0.6) is 0 Å². The van der Waals surface area contributed by atoms with Crippen molar-refractivity contribution in [2.45, 2.75) is 10.8 Å². The van der Waals surface area contributed by atoms with Crippen molar-refractivity contribution in [1.82, 2.24) is 10.2 Å². The number of hydrogen-bond acceptors (Lipinski definition) is 8. The van der Waals surface area contributed by atoms with Crippen LogP contribution in [0.25, 0.3) is 0 Å². The van der Waals surface area contributed by atoms with Gasteiger partial charge in [-0.2, -0.15) is 0 Å². The second-order valence-corrected chi connectivity index (χ2v) is 7.38. The van der Waals surface area contributed by atoms with Crippen LogP contribution in [0.15, 0.2) is 34.7 Å². The molecule has 3 N–H and O–H groups in total. The lowest BCUT2D eigenvalue weighted by Crippen LogP contribution is -2.35. The lowest BCUT2D eigenvalue weighted by molar-refractivity contribution is -0.118. The highest BCUT2D eigenvalue weighted by molar-refractivity contribution is 8.01. The SMILES string of the molecule is COCCNc1nnc(SCC(=O)N(CCC(N)=O)c2ccccc2)s1. The largest absolute Gasteiger partial charge is 0.383 e. The lowest BCUT2D eigenvalue weighted by Gasteiger charge is -2.22. The quantitative estimate of drug-likeness (QED) is 0.439. The van der Waals surface area contributed by atoms with Crippen LogP contribution in [0.4, 0.5) is 10.8 Å². The van der Waals surface area contributed by atoms with Crippen molar-refractivity contribution in [3.63, 3.8) is 0 Å². The summed E-state index contributed by atoms with van der Waals surface area (Å²) in [4.78, 5) is 25.3. The van der Waals surface area contributed by atoms with Gasteiger partial charge in [0.25, 0.3) is 0 Å². The summed E-state index contributed by atoms with van der Waals surface area (Å²) in [6.45, 7) is 1.47. The van der Waals surface area contributed by atoms with E-state index in [-0.39, 0.29) is 24.6 Å². The number of para-hydroxylation sites is 1. The third-order valence-electron chi connectivity index (χ3n) is 3.26. The zero-order valence-electron chi connectivity index (χ0n) is 14.4. The van der Waals surface area contributed by atoms with Gasteiger partial charge in [0, 0.05) is 32.3 Å². The number of amides is 2. The fourth-order valence-electron chi connectivity index (χ4n) is 2.03. The number of hydrogen-bond donors (Lipinski definition) is 2. The van der Waals surface area contributed by atoms with Gasteiger partial charge in [0.05, 0.1) is 12.4 Å². The number of nitrogens with zero attached hydrogens (tertiary/aromatic N) is 3. The number of primary amides is 1. The molecule has 0 fully saturated rings. The van der Waals surface area contributed by atoms with Crippen molar-refractivity contribution in [3.8, 4) is 0 Å². The number of carbonyl (C=O) groups is 2. The molecule has 0 aliphatic rings. The van der Waals surface area contributed by atoms with E-state index in [1.807, 2.05) is 30.3 Å². The summed E-state index contributed by atoms with van der Waals surface area (Å²) in [5, 5.41) is 11.9. The minimum absolute atomic E-state index is 0.109. The number of nitrogens with one attached hydrogen (secondary N) is 1. The predicted octanol–water partition coefficient (Wildman–Crippen LogP) is 1.60. The van der Waals surface area contributed by atoms with E-state index in [1.54, 1.807) is 12.0 Å². The number of methoxy groups -OCH3 is 1. The molecule has 140 valence electrons. The highest BCUT2D eigenvalue weighted by Gasteiger charge is 2.17. The van der Waals surface area contributed by atoms with Crippen LogP contribution >= 0.6 is 23.1 Å². The van der Waals surface area contributed by atoms with E-state index in [4.69, 9.17) is 10.5 Å². The van der Waals surface area contributed by atoms with Gasteiger partial charge >= 0.3 is 0 Å². The summed E-state index contributed by atoms with van der Waals surface area (Å²) >= 11 is 2.69. The summed E-state index contributed by atoms with van der Waals surface area (Å²) in [6, 6.07) is 9.21. The maximum absolute atomic E-state index is 12.6. The van der Waals surface area contributed by atoms with Crippen molar-refractivity contribution in [1.29, 1.82) is 0 Å². The molecule has 0 aliphatic carbocycles. The number of aromatic nitrogens is 2. The minimum atomic E-state index is -0.442. The molecular formula is C16H21N5O3S2. The van der Waals surface area contributed by atoms with E-state index in [0.29, 0.717) is 22.6 Å². The molecule has 10 heteroatoms. The topological polar surface area (TPSA) is 110 Å². The summed E-state index contributed by atoms with van der Waals surface area (Å²) in [5.41, 5.74) is 5.96. The maximum atomic E-state index is 12.6. The average Bonchev–Trinajstić information content (AvgIpc) is 3.09. The Morgan fingerprint density at radius 3 is 2.77 bits per heavy atom. The van der Waals surface area contributed by atoms with E-state index in [9.17, 15) is 9.59 Å². The van der Waals surface area contributed by atoms with Crippen molar-refractivity contribution in [2.24, 2.45) is 5.73 Å². The summed E-state index contributed by atoms with van der Waals surface area (Å²) in [7, 11) is 1.63. The molecule has 0 bridgehead atoms. The Kier molecular flexibility index (Phi) is 8.32. The van der Waals surface area contributed by atoms with Gasteiger partial charge in [0.1, 0.15) is 0 Å². The number of benzene rings is 1. The second-order valence-electron chi connectivity index (χ2n) is 5.18. The Balaban J connectivity index is 1.93.